The molecule has 0 aliphatic carbocycles. The Hall–Kier alpha value is -2.70. The highest BCUT2D eigenvalue weighted by Crippen LogP contribution is 2.48. The van der Waals surface area contributed by atoms with Gasteiger partial charge in [-0.05, 0) is 13.0 Å². The summed E-state index contributed by atoms with van der Waals surface area (Å²) in [5.41, 5.74) is -0.551. The van der Waals surface area contributed by atoms with E-state index in [1.807, 2.05) is 0 Å². The molecule has 1 aromatic rings. The summed E-state index contributed by atoms with van der Waals surface area (Å²) in [5, 5.41) is 5.44. The second-order valence-electron chi connectivity index (χ2n) is 5.56. The molecule has 1 fully saturated rings. The topological polar surface area (TPSA) is 85.9 Å². The number of hydrogen-bond donors (Lipinski definition) is 2. The molecule has 3 atom stereocenters. The zero-order chi connectivity index (χ0) is 16.6. The third-order valence-corrected chi connectivity index (χ3v) is 4.05. The number of ether oxygens (including phenoxy) is 3. The van der Waals surface area contributed by atoms with Crippen LogP contribution in [0.3, 0.4) is 0 Å². The van der Waals surface area contributed by atoms with Crippen LogP contribution in [-0.4, -0.2) is 31.4 Å². The van der Waals surface area contributed by atoms with Gasteiger partial charge in [0, 0.05) is 5.56 Å². The van der Waals surface area contributed by atoms with Crippen LogP contribution < -0.4 is 20.1 Å². The number of carbonyl (C=O) groups excluding carboxylic acids is 2. The van der Waals surface area contributed by atoms with Crippen LogP contribution in [0.15, 0.2) is 30.9 Å². The van der Waals surface area contributed by atoms with Crippen LogP contribution in [0.5, 0.6) is 11.5 Å². The predicted molar refractivity (Wildman–Crippen MR) is 81.1 cm³/mol. The maximum Gasteiger partial charge on any atom is 0.318 e. The number of benzene rings is 1. The summed E-state index contributed by atoms with van der Waals surface area (Å²) in [4.78, 5) is 24.4. The molecular weight excluding hydrogens is 300 g/mol. The van der Waals surface area contributed by atoms with E-state index in [9.17, 15) is 9.59 Å². The summed E-state index contributed by atoms with van der Waals surface area (Å²) < 4.78 is 16.5. The predicted octanol–water partition coefficient (Wildman–Crippen LogP) is 1.50. The lowest BCUT2D eigenvalue weighted by Gasteiger charge is -2.49. The van der Waals surface area contributed by atoms with Gasteiger partial charge in [0.15, 0.2) is 17.2 Å². The van der Waals surface area contributed by atoms with Crippen molar-refractivity contribution in [3.05, 3.63) is 36.4 Å². The number of esters is 1. The van der Waals surface area contributed by atoms with E-state index in [0.29, 0.717) is 17.1 Å². The average Bonchev–Trinajstić information content (AvgIpc) is 2.50. The molecule has 0 radical (unpaired) electrons. The summed E-state index contributed by atoms with van der Waals surface area (Å²) in [6, 6.07) is 4.37. The van der Waals surface area contributed by atoms with Crippen LogP contribution in [0.1, 0.15) is 18.5 Å². The first-order valence-corrected chi connectivity index (χ1v) is 7.22. The average molecular weight is 318 g/mol. The van der Waals surface area contributed by atoms with Crippen molar-refractivity contribution >= 4 is 12.0 Å². The number of rotatable bonds is 4. The number of urea groups is 1. The molecule has 2 aliphatic rings. The van der Waals surface area contributed by atoms with E-state index in [0.717, 1.165) is 0 Å². The summed E-state index contributed by atoms with van der Waals surface area (Å²) in [5.74, 6) is -0.171. The van der Waals surface area contributed by atoms with Gasteiger partial charge >= 0.3 is 12.0 Å². The SMILES string of the molecule is C=CCOC(=O)[C@@H]1[C@@H]2NC(=O)N[C@@]1(C)Oc1c(OC)cccc12. The van der Waals surface area contributed by atoms with Crippen molar-refractivity contribution in [1.29, 1.82) is 0 Å². The Bertz CT molecular complexity index is 674. The Balaban J connectivity index is 2.07. The first kappa shape index (κ1) is 15.2. The maximum atomic E-state index is 12.5. The van der Waals surface area contributed by atoms with Crippen molar-refractivity contribution in [2.24, 2.45) is 5.92 Å². The van der Waals surface area contributed by atoms with Crippen LogP contribution in [0, 0.1) is 5.92 Å². The number of hydrogen-bond acceptors (Lipinski definition) is 5. The minimum absolute atomic E-state index is 0.0943. The van der Waals surface area contributed by atoms with E-state index in [2.05, 4.69) is 17.2 Å². The number of nitrogens with one attached hydrogen (secondary N) is 2. The van der Waals surface area contributed by atoms with Crippen LogP contribution in [0.4, 0.5) is 4.79 Å². The summed E-state index contributed by atoms with van der Waals surface area (Å²) in [7, 11) is 1.54. The second kappa shape index (κ2) is 5.49. The molecule has 2 N–H and O–H groups in total. The van der Waals surface area contributed by atoms with Crippen molar-refractivity contribution in [2.75, 3.05) is 13.7 Å². The molecule has 122 valence electrons. The number of para-hydroxylation sites is 1. The van der Waals surface area contributed by atoms with Crippen LogP contribution in [-0.2, 0) is 9.53 Å². The molecule has 7 nitrogen and oxygen atoms in total. The third kappa shape index (κ3) is 2.38. The van der Waals surface area contributed by atoms with E-state index in [4.69, 9.17) is 14.2 Å². The summed E-state index contributed by atoms with van der Waals surface area (Å²) >= 11 is 0. The highest BCUT2D eigenvalue weighted by Gasteiger charge is 2.57. The van der Waals surface area contributed by atoms with Gasteiger partial charge < -0.3 is 19.5 Å². The van der Waals surface area contributed by atoms with Crippen LogP contribution in [0.2, 0.25) is 0 Å². The van der Waals surface area contributed by atoms with Crippen molar-refractivity contribution in [2.45, 2.75) is 18.7 Å². The largest absolute Gasteiger partial charge is 0.493 e. The number of methoxy groups -OCH3 is 1. The van der Waals surface area contributed by atoms with E-state index in [1.165, 1.54) is 13.2 Å². The fraction of sp³-hybridized carbons (Fsp3) is 0.375. The highest BCUT2D eigenvalue weighted by molar-refractivity contribution is 5.84. The zero-order valence-electron chi connectivity index (χ0n) is 12.9. The minimum atomic E-state index is -1.23. The fourth-order valence-electron chi connectivity index (χ4n) is 3.08. The van der Waals surface area contributed by atoms with E-state index < -0.39 is 29.7 Å². The lowest BCUT2D eigenvalue weighted by Crippen LogP contribution is -2.70. The molecule has 3 rings (SSSR count). The van der Waals surface area contributed by atoms with Gasteiger partial charge in [-0.25, -0.2) is 4.79 Å². The van der Waals surface area contributed by atoms with Gasteiger partial charge in [0.25, 0.3) is 0 Å². The molecule has 0 spiro atoms. The van der Waals surface area contributed by atoms with Gasteiger partial charge in [0.05, 0.1) is 13.2 Å². The molecule has 1 aromatic carbocycles. The highest BCUT2D eigenvalue weighted by atomic mass is 16.6. The normalized spacial score (nSPS) is 27.7. The van der Waals surface area contributed by atoms with E-state index >= 15 is 0 Å². The van der Waals surface area contributed by atoms with Crippen molar-refractivity contribution < 1.29 is 23.8 Å². The van der Waals surface area contributed by atoms with Gasteiger partial charge in [0.1, 0.15) is 12.5 Å². The first-order chi connectivity index (χ1) is 11.0. The van der Waals surface area contributed by atoms with Gasteiger partial charge in [-0.3, -0.25) is 10.1 Å². The van der Waals surface area contributed by atoms with E-state index in [-0.39, 0.29) is 6.61 Å². The summed E-state index contributed by atoms with van der Waals surface area (Å²) in [6.45, 7) is 5.27. The van der Waals surface area contributed by atoms with Crippen molar-refractivity contribution in [3.8, 4) is 11.5 Å². The second-order valence-corrected chi connectivity index (χ2v) is 5.56. The molecule has 2 bridgehead atoms. The Labute approximate surface area is 133 Å². The minimum Gasteiger partial charge on any atom is -0.493 e. The van der Waals surface area contributed by atoms with Gasteiger partial charge in [-0.2, -0.15) is 0 Å². The quantitative estimate of drug-likeness (QED) is 0.649. The maximum absolute atomic E-state index is 12.5. The van der Waals surface area contributed by atoms with E-state index in [1.54, 1.807) is 25.1 Å². The Morgan fingerprint density at radius 3 is 3.00 bits per heavy atom. The van der Waals surface area contributed by atoms with Gasteiger partial charge in [-0.15, -0.1) is 0 Å². The molecule has 2 amide bonds. The third-order valence-electron chi connectivity index (χ3n) is 4.05. The lowest BCUT2D eigenvalue weighted by molar-refractivity contribution is -0.162. The van der Waals surface area contributed by atoms with Crippen LogP contribution >= 0.6 is 0 Å². The molecule has 23 heavy (non-hydrogen) atoms. The fourth-order valence-corrected chi connectivity index (χ4v) is 3.08. The number of fused-ring (bicyclic) bond motifs is 4. The molecule has 0 unspecified atom stereocenters. The smallest absolute Gasteiger partial charge is 0.318 e. The zero-order valence-corrected chi connectivity index (χ0v) is 12.9. The number of amides is 2. The first-order valence-electron chi connectivity index (χ1n) is 7.22. The van der Waals surface area contributed by atoms with Crippen molar-refractivity contribution in [1.82, 2.24) is 10.6 Å². The molecule has 0 aromatic heterocycles. The Kier molecular flexibility index (Phi) is 3.63. The molecule has 7 heteroatoms. The van der Waals surface area contributed by atoms with Gasteiger partial charge in [0.2, 0.25) is 0 Å². The Morgan fingerprint density at radius 1 is 1.52 bits per heavy atom. The molecule has 2 heterocycles. The monoisotopic (exact) mass is 318 g/mol. The standard InChI is InChI=1S/C16H18N2O5/c1-4-8-22-14(19)11-12-9-6-5-7-10(21-3)13(9)23-16(11,2)18-15(20)17-12/h4-7,11-12H,1,8H2,2-3H3,(H2,17,18,20)/t11-,12+,16-/m0/s1. The molecule has 1 saturated heterocycles. The summed E-state index contributed by atoms with van der Waals surface area (Å²) in [6.07, 6.45) is 1.49. The van der Waals surface area contributed by atoms with Crippen molar-refractivity contribution in [3.63, 3.8) is 0 Å². The molecule has 2 aliphatic heterocycles. The lowest BCUT2D eigenvalue weighted by atomic mass is 9.80. The number of carbonyl (C=O) groups is 2. The Morgan fingerprint density at radius 2 is 2.30 bits per heavy atom. The van der Waals surface area contributed by atoms with Crippen LogP contribution in [0.25, 0.3) is 0 Å². The molecule has 0 saturated carbocycles. The molecular formula is C16H18N2O5. The van der Waals surface area contributed by atoms with Gasteiger partial charge in [-0.1, -0.05) is 24.8 Å².